The van der Waals surface area contributed by atoms with Crippen LogP contribution in [0.15, 0.2) is 53.2 Å². The second-order valence-electron chi connectivity index (χ2n) is 6.36. The van der Waals surface area contributed by atoms with Crippen LogP contribution in [0.2, 0.25) is 0 Å². The summed E-state index contributed by atoms with van der Waals surface area (Å²) in [4.78, 5) is 19.8. The third-order valence-electron chi connectivity index (χ3n) is 4.63. The summed E-state index contributed by atoms with van der Waals surface area (Å²) in [6.07, 6.45) is 0.421. The molecule has 1 atom stereocenters. The third kappa shape index (κ3) is 3.83. The number of hydrogen-bond donors (Lipinski definition) is 0. The van der Waals surface area contributed by atoms with Gasteiger partial charge in [0.2, 0.25) is 0 Å². The van der Waals surface area contributed by atoms with Gasteiger partial charge in [0.15, 0.2) is 9.84 Å². The fourth-order valence-corrected chi connectivity index (χ4v) is 6.99. The van der Waals surface area contributed by atoms with Gasteiger partial charge in [0.1, 0.15) is 10.7 Å². The van der Waals surface area contributed by atoms with Gasteiger partial charge in [-0.05, 0) is 17.9 Å². The van der Waals surface area contributed by atoms with Gasteiger partial charge in [-0.25, -0.2) is 13.4 Å². The summed E-state index contributed by atoms with van der Waals surface area (Å²) < 4.78 is 25.3. The Bertz CT molecular complexity index is 1030. The van der Waals surface area contributed by atoms with Gasteiger partial charge in [-0.15, -0.1) is 22.7 Å². The molecule has 27 heavy (non-hydrogen) atoms. The number of sulfone groups is 1. The summed E-state index contributed by atoms with van der Waals surface area (Å²) in [5.74, 6) is -0.216. The van der Waals surface area contributed by atoms with Gasteiger partial charge in [0.25, 0.3) is 5.91 Å². The number of amides is 1. The normalized spacial score (nSPS) is 19.6. The van der Waals surface area contributed by atoms with Crippen LogP contribution in [0.3, 0.4) is 0 Å². The molecule has 0 N–H and O–H groups in total. The number of nitrogens with zero attached hydrogens (tertiary/aromatic N) is 2. The van der Waals surface area contributed by atoms with Crippen LogP contribution in [0.1, 0.15) is 27.0 Å². The number of thiophene rings is 1. The van der Waals surface area contributed by atoms with E-state index < -0.39 is 15.1 Å². The zero-order chi connectivity index (χ0) is 18.9. The molecule has 1 aromatic carbocycles. The minimum atomic E-state index is -3.27. The van der Waals surface area contributed by atoms with Crippen molar-refractivity contribution in [3.05, 3.63) is 63.8 Å². The molecule has 3 heterocycles. The van der Waals surface area contributed by atoms with Crippen molar-refractivity contribution in [1.29, 1.82) is 0 Å². The monoisotopic (exact) mass is 418 g/mol. The van der Waals surface area contributed by atoms with Crippen molar-refractivity contribution in [2.75, 3.05) is 18.8 Å². The van der Waals surface area contributed by atoms with E-state index in [-0.39, 0.29) is 18.2 Å². The van der Waals surface area contributed by atoms with Crippen LogP contribution in [0.25, 0.3) is 10.6 Å². The lowest BCUT2D eigenvalue weighted by atomic mass is 10.2. The maximum Gasteiger partial charge on any atom is 0.273 e. The van der Waals surface area contributed by atoms with Crippen molar-refractivity contribution in [2.45, 2.75) is 11.7 Å². The Morgan fingerprint density at radius 2 is 1.89 bits per heavy atom. The van der Waals surface area contributed by atoms with E-state index in [1.54, 1.807) is 10.3 Å². The molecule has 1 unspecified atom stereocenters. The summed E-state index contributed by atoms with van der Waals surface area (Å²) in [5, 5.41) is 3.91. The van der Waals surface area contributed by atoms with Crippen molar-refractivity contribution in [1.82, 2.24) is 9.88 Å². The van der Waals surface area contributed by atoms with Gasteiger partial charge < -0.3 is 4.90 Å². The smallest absolute Gasteiger partial charge is 0.273 e. The van der Waals surface area contributed by atoms with Crippen LogP contribution in [-0.4, -0.2) is 43.1 Å². The molecule has 4 rings (SSSR count). The maximum absolute atomic E-state index is 12.9. The SMILES string of the molecule is O=C(c1csc(-c2ccccc2)n1)N1CCC(c2cccs2)S(=O)(=O)CC1. The van der Waals surface area contributed by atoms with E-state index in [9.17, 15) is 13.2 Å². The highest BCUT2D eigenvalue weighted by Gasteiger charge is 2.33. The summed E-state index contributed by atoms with van der Waals surface area (Å²) in [6.45, 7) is 0.625. The van der Waals surface area contributed by atoms with Crippen LogP contribution >= 0.6 is 22.7 Å². The molecule has 1 aliphatic heterocycles. The Labute approximate surface area is 166 Å². The molecule has 1 fully saturated rings. The number of carbonyl (C=O) groups excluding carboxylic acids is 1. The first kappa shape index (κ1) is 18.3. The van der Waals surface area contributed by atoms with Gasteiger partial charge in [-0.2, -0.15) is 0 Å². The number of rotatable bonds is 3. The first-order valence-corrected chi connectivity index (χ1v) is 12.1. The first-order valence-electron chi connectivity index (χ1n) is 8.60. The largest absolute Gasteiger partial charge is 0.336 e. The van der Waals surface area contributed by atoms with Gasteiger partial charge in [-0.1, -0.05) is 36.4 Å². The van der Waals surface area contributed by atoms with Crippen LogP contribution in [-0.2, 0) is 9.84 Å². The van der Waals surface area contributed by atoms with Crippen molar-refractivity contribution in [3.8, 4) is 10.6 Å². The first-order chi connectivity index (χ1) is 13.0. The topological polar surface area (TPSA) is 67.3 Å². The molecule has 1 amide bonds. The average Bonchev–Trinajstić information content (AvgIpc) is 3.34. The molecule has 0 aliphatic carbocycles. The highest BCUT2D eigenvalue weighted by Crippen LogP contribution is 2.33. The van der Waals surface area contributed by atoms with E-state index >= 15 is 0 Å². The third-order valence-corrected chi connectivity index (χ3v) is 8.77. The summed E-state index contributed by atoms with van der Waals surface area (Å²) in [5.41, 5.74) is 1.35. The standard InChI is InChI=1S/C19H18N2O3S3/c22-19(15-13-26-18(20-15)14-5-2-1-3-6-14)21-9-8-17(16-7-4-11-25-16)27(23,24)12-10-21/h1-7,11,13,17H,8-10,12H2. The molecule has 1 aliphatic rings. The molecule has 140 valence electrons. The molecule has 1 saturated heterocycles. The Balaban J connectivity index is 1.53. The Morgan fingerprint density at radius 3 is 2.63 bits per heavy atom. The van der Waals surface area contributed by atoms with Crippen molar-refractivity contribution in [2.24, 2.45) is 0 Å². The zero-order valence-corrected chi connectivity index (χ0v) is 16.9. The molecule has 8 heteroatoms. The second kappa shape index (κ2) is 7.53. The van der Waals surface area contributed by atoms with Gasteiger partial charge in [0.05, 0.1) is 11.0 Å². The number of hydrogen-bond acceptors (Lipinski definition) is 6. The number of benzene rings is 1. The Kier molecular flexibility index (Phi) is 5.12. The molecule has 0 spiro atoms. The predicted molar refractivity (Wildman–Crippen MR) is 109 cm³/mol. The van der Waals surface area contributed by atoms with E-state index in [1.165, 1.54) is 22.7 Å². The maximum atomic E-state index is 12.9. The summed E-state index contributed by atoms with van der Waals surface area (Å²) in [7, 11) is -3.27. The zero-order valence-electron chi connectivity index (χ0n) is 14.4. The van der Waals surface area contributed by atoms with E-state index in [1.807, 2.05) is 47.8 Å². The quantitative estimate of drug-likeness (QED) is 0.647. The minimum absolute atomic E-state index is 0.0169. The molecule has 0 bridgehead atoms. The second-order valence-corrected chi connectivity index (χ2v) is 10.5. The van der Waals surface area contributed by atoms with Crippen LogP contribution in [0, 0.1) is 0 Å². The fourth-order valence-electron chi connectivity index (χ4n) is 3.19. The van der Waals surface area contributed by atoms with E-state index in [0.717, 1.165) is 15.4 Å². The highest BCUT2D eigenvalue weighted by atomic mass is 32.2. The van der Waals surface area contributed by atoms with Gasteiger partial charge >= 0.3 is 0 Å². The highest BCUT2D eigenvalue weighted by molar-refractivity contribution is 7.91. The van der Waals surface area contributed by atoms with Crippen molar-refractivity contribution in [3.63, 3.8) is 0 Å². The van der Waals surface area contributed by atoms with E-state index in [4.69, 9.17) is 0 Å². The molecule has 2 aromatic heterocycles. The molecular formula is C19H18N2O3S3. The average molecular weight is 419 g/mol. The Hall–Kier alpha value is -2.03. The summed E-state index contributed by atoms with van der Waals surface area (Å²) >= 11 is 2.88. The summed E-state index contributed by atoms with van der Waals surface area (Å²) in [6, 6.07) is 13.4. The number of aromatic nitrogens is 1. The van der Waals surface area contributed by atoms with Crippen LogP contribution < -0.4 is 0 Å². The van der Waals surface area contributed by atoms with Gasteiger partial charge in [0, 0.05) is 28.9 Å². The molecule has 0 saturated carbocycles. The molecule has 0 radical (unpaired) electrons. The fraction of sp³-hybridized carbons (Fsp3) is 0.263. The minimum Gasteiger partial charge on any atom is -0.336 e. The molecular weight excluding hydrogens is 400 g/mol. The van der Waals surface area contributed by atoms with Crippen LogP contribution in [0.5, 0.6) is 0 Å². The number of thiazole rings is 1. The van der Waals surface area contributed by atoms with Crippen LogP contribution in [0.4, 0.5) is 0 Å². The van der Waals surface area contributed by atoms with E-state index in [2.05, 4.69) is 4.98 Å². The predicted octanol–water partition coefficient (Wildman–Crippen LogP) is 3.87. The Morgan fingerprint density at radius 1 is 1.07 bits per heavy atom. The number of carbonyl (C=O) groups is 1. The lowest BCUT2D eigenvalue weighted by molar-refractivity contribution is 0.0761. The molecule has 5 nitrogen and oxygen atoms in total. The van der Waals surface area contributed by atoms with Crippen molar-refractivity contribution < 1.29 is 13.2 Å². The lowest BCUT2D eigenvalue weighted by Crippen LogP contribution is -2.33. The molecule has 3 aromatic rings. The van der Waals surface area contributed by atoms with Gasteiger partial charge in [-0.3, -0.25) is 4.79 Å². The van der Waals surface area contributed by atoms with Crippen molar-refractivity contribution >= 4 is 38.4 Å². The lowest BCUT2D eigenvalue weighted by Gasteiger charge is -2.18. The van der Waals surface area contributed by atoms with E-state index in [0.29, 0.717) is 18.7 Å².